The van der Waals surface area contributed by atoms with Gasteiger partial charge in [-0.15, -0.1) is 0 Å². The number of benzene rings is 1. The van der Waals surface area contributed by atoms with Crippen molar-refractivity contribution in [2.45, 2.75) is 27.7 Å². The zero-order valence-electron chi connectivity index (χ0n) is 18.9. The molecule has 0 spiro atoms. The summed E-state index contributed by atoms with van der Waals surface area (Å²) in [5.74, 6) is 1.90. The number of nitrogens with zero attached hydrogens (tertiary/aromatic N) is 7. The molecule has 0 amide bonds. The predicted molar refractivity (Wildman–Crippen MR) is 126 cm³/mol. The van der Waals surface area contributed by atoms with Gasteiger partial charge in [0.15, 0.2) is 11.5 Å². The molecule has 1 aliphatic heterocycles. The minimum atomic E-state index is -0.639. The molecule has 0 atom stereocenters. The molecule has 1 aliphatic rings. The van der Waals surface area contributed by atoms with E-state index in [0.717, 1.165) is 24.3 Å². The number of aliphatic imine (C=N–C) groups is 1. The zero-order chi connectivity index (χ0) is 23.5. The van der Waals surface area contributed by atoms with Gasteiger partial charge in [0.05, 0.1) is 17.6 Å². The molecule has 9 heteroatoms. The quantitative estimate of drug-likeness (QED) is 0.589. The van der Waals surface area contributed by atoms with Gasteiger partial charge in [0, 0.05) is 37.1 Å². The molecule has 0 bridgehead atoms. The van der Waals surface area contributed by atoms with E-state index in [1.807, 2.05) is 26.0 Å². The molecular formula is C24H23N7O2. The van der Waals surface area contributed by atoms with Crippen molar-refractivity contribution < 1.29 is 9.90 Å². The SMILES string of the molecule is CCN(CC)c1ccc(N=C2C(C(=O)C#CO)=Nn3c2nc(-c2cnccn2)c3C)c(C)c1. The Morgan fingerprint density at radius 3 is 2.64 bits per heavy atom. The first-order valence-electron chi connectivity index (χ1n) is 10.6. The molecule has 1 aromatic carbocycles. The Morgan fingerprint density at radius 1 is 1.21 bits per heavy atom. The van der Waals surface area contributed by atoms with Gasteiger partial charge in [-0.2, -0.15) is 5.10 Å². The number of aliphatic hydroxyl groups excluding tert-OH is 1. The zero-order valence-corrected chi connectivity index (χ0v) is 18.9. The first-order valence-corrected chi connectivity index (χ1v) is 10.6. The van der Waals surface area contributed by atoms with Crippen molar-refractivity contribution in [2.24, 2.45) is 10.1 Å². The third-order valence-electron chi connectivity index (χ3n) is 5.45. The van der Waals surface area contributed by atoms with E-state index in [1.54, 1.807) is 29.4 Å². The fourth-order valence-corrected chi connectivity index (χ4v) is 3.72. The summed E-state index contributed by atoms with van der Waals surface area (Å²) in [6.07, 6.45) is 6.44. The molecule has 166 valence electrons. The fourth-order valence-electron chi connectivity index (χ4n) is 3.72. The van der Waals surface area contributed by atoms with Crippen LogP contribution in [0.4, 0.5) is 11.4 Å². The average Bonchev–Trinajstić information content (AvgIpc) is 3.34. The minimum absolute atomic E-state index is 0.0278. The number of carbonyl (C=O) groups excluding carboxylic acids is 1. The van der Waals surface area contributed by atoms with E-state index in [1.165, 1.54) is 0 Å². The molecule has 33 heavy (non-hydrogen) atoms. The van der Waals surface area contributed by atoms with Crippen LogP contribution < -0.4 is 4.90 Å². The third-order valence-corrected chi connectivity index (χ3v) is 5.45. The summed E-state index contributed by atoms with van der Waals surface area (Å²) in [7, 11) is 0. The number of hydrogen-bond acceptors (Lipinski definition) is 8. The second kappa shape index (κ2) is 9.04. The van der Waals surface area contributed by atoms with E-state index >= 15 is 0 Å². The molecule has 2 aromatic heterocycles. The molecule has 4 rings (SSSR count). The maximum absolute atomic E-state index is 12.6. The number of aliphatic hydroxyl groups is 1. The highest BCUT2D eigenvalue weighted by atomic mass is 16.2. The molecule has 3 heterocycles. The average molecular weight is 441 g/mol. The van der Waals surface area contributed by atoms with Crippen LogP contribution in [0, 0.1) is 25.9 Å². The number of ketones is 1. The Kier molecular flexibility index (Phi) is 6.00. The second-order valence-electron chi connectivity index (χ2n) is 7.39. The highest BCUT2D eigenvalue weighted by Crippen LogP contribution is 2.29. The Hall–Kier alpha value is -4.32. The number of aromatic nitrogens is 4. The first-order chi connectivity index (χ1) is 16.0. The number of aryl methyl sites for hydroxylation is 1. The van der Waals surface area contributed by atoms with Crippen LogP contribution in [0.15, 0.2) is 46.9 Å². The summed E-state index contributed by atoms with van der Waals surface area (Å²) in [6.45, 7) is 9.82. The Morgan fingerprint density at radius 2 is 2.00 bits per heavy atom. The van der Waals surface area contributed by atoms with E-state index < -0.39 is 5.78 Å². The standard InChI is InChI=1S/C24H23N7O2/c1-5-30(6-2)17-7-8-18(15(3)13-17)27-23-22(20(33)9-12-32)29-31-16(4)21(28-24(23)31)19-14-25-10-11-26-19/h7-8,10-11,13-14,32H,5-6H2,1-4H3. The highest BCUT2D eigenvalue weighted by molar-refractivity contribution is 6.73. The molecule has 0 fully saturated rings. The third kappa shape index (κ3) is 3.99. The lowest BCUT2D eigenvalue weighted by Crippen LogP contribution is -2.22. The van der Waals surface area contributed by atoms with Crippen LogP contribution in [0.25, 0.3) is 11.4 Å². The lowest BCUT2D eigenvalue weighted by molar-refractivity contribution is -0.108. The van der Waals surface area contributed by atoms with Gasteiger partial charge in [-0.05, 0) is 51.5 Å². The van der Waals surface area contributed by atoms with Gasteiger partial charge in [-0.3, -0.25) is 14.8 Å². The van der Waals surface area contributed by atoms with Crippen molar-refractivity contribution in [3.8, 4) is 23.4 Å². The molecule has 0 unspecified atom stereocenters. The largest absolute Gasteiger partial charge is 0.462 e. The highest BCUT2D eigenvalue weighted by Gasteiger charge is 2.33. The first kappa shape index (κ1) is 21.9. The van der Waals surface area contributed by atoms with Crippen LogP contribution in [0.3, 0.4) is 0 Å². The number of anilines is 1. The van der Waals surface area contributed by atoms with Gasteiger partial charge in [-0.25, -0.2) is 14.7 Å². The topological polar surface area (TPSA) is 109 Å². The van der Waals surface area contributed by atoms with Crippen LogP contribution in [0.2, 0.25) is 0 Å². The number of rotatable bonds is 6. The number of imidazole rings is 1. The summed E-state index contributed by atoms with van der Waals surface area (Å²) in [6, 6.07) is 5.98. The molecule has 0 saturated carbocycles. The molecule has 3 aromatic rings. The van der Waals surface area contributed by atoms with Crippen LogP contribution in [0.1, 0.15) is 30.9 Å². The maximum Gasteiger partial charge on any atom is 0.261 e. The van der Waals surface area contributed by atoms with Gasteiger partial charge < -0.3 is 10.0 Å². The minimum Gasteiger partial charge on any atom is -0.462 e. The number of Topliss-reactive ketones (excluding diaryl/α,β-unsaturated/α-hetero) is 1. The lowest BCUT2D eigenvalue weighted by Gasteiger charge is -2.21. The molecular weight excluding hydrogens is 418 g/mol. The Balaban J connectivity index is 1.85. The van der Waals surface area contributed by atoms with E-state index in [-0.39, 0.29) is 5.71 Å². The smallest absolute Gasteiger partial charge is 0.261 e. The summed E-state index contributed by atoms with van der Waals surface area (Å²) < 4.78 is 1.55. The van der Waals surface area contributed by atoms with E-state index in [0.29, 0.717) is 34.3 Å². The van der Waals surface area contributed by atoms with E-state index in [9.17, 15) is 4.79 Å². The van der Waals surface area contributed by atoms with Gasteiger partial charge >= 0.3 is 0 Å². The van der Waals surface area contributed by atoms with Crippen molar-refractivity contribution >= 4 is 28.6 Å². The maximum atomic E-state index is 12.6. The number of hydrogen-bond donors (Lipinski definition) is 1. The molecule has 0 radical (unpaired) electrons. The second-order valence-corrected chi connectivity index (χ2v) is 7.39. The summed E-state index contributed by atoms with van der Waals surface area (Å²) in [5.41, 5.74) is 4.94. The van der Waals surface area contributed by atoms with Crippen LogP contribution >= 0.6 is 0 Å². The predicted octanol–water partition coefficient (Wildman–Crippen LogP) is 3.04. The van der Waals surface area contributed by atoms with Gasteiger partial charge in [0.2, 0.25) is 0 Å². The monoisotopic (exact) mass is 441 g/mol. The molecule has 0 aliphatic carbocycles. The Labute approximate surface area is 191 Å². The number of fused-ring (bicyclic) bond motifs is 1. The van der Waals surface area contributed by atoms with E-state index in [4.69, 9.17) is 10.1 Å². The van der Waals surface area contributed by atoms with E-state index in [2.05, 4.69) is 50.8 Å². The fraction of sp³-hybridized carbons (Fsp3) is 0.250. The van der Waals surface area contributed by atoms with Crippen molar-refractivity contribution in [1.82, 2.24) is 19.6 Å². The van der Waals surface area contributed by atoms with Gasteiger partial charge in [0.25, 0.3) is 5.78 Å². The van der Waals surface area contributed by atoms with Crippen molar-refractivity contribution in [1.29, 1.82) is 0 Å². The van der Waals surface area contributed by atoms with Crippen LogP contribution in [-0.2, 0) is 4.79 Å². The normalized spacial score (nSPS) is 13.3. The van der Waals surface area contributed by atoms with Crippen LogP contribution in [-0.4, -0.2) is 55.0 Å². The lowest BCUT2D eigenvalue weighted by atomic mass is 10.1. The van der Waals surface area contributed by atoms with Crippen molar-refractivity contribution in [2.75, 3.05) is 18.0 Å². The number of carbonyl (C=O) groups is 1. The summed E-state index contributed by atoms with van der Waals surface area (Å²) >= 11 is 0. The van der Waals surface area contributed by atoms with Gasteiger partial charge in [0.1, 0.15) is 23.2 Å². The van der Waals surface area contributed by atoms with Gasteiger partial charge in [-0.1, -0.05) is 0 Å². The summed E-state index contributed by atoms with van der Waals surface area (Å²) in [5, 5.41) is 13.4. The van der Waals surface area contributed by atoms with Crippen molar-refractivity contribution in [3.05, 3.63) is 53.9 Å². The van der Waals surface area contributed by atoms with Crippen molar-refractivity contribution in [3.63, 3.8) is 0 Å². The Bertz CT molecular complexity index is 1340. The van der Waals surface area contributed by atoms with Crippen LogP contribution in [0.5, 0.6) is 0 Å². The molecule has 1 N–H and O–H groups in total. The summed E-state index contributed by atoms with van der Waals surface area (Å²) in [4.78, 5) is 32.7. The molecule has 9 nitrogen and oxygen atoms in total. The molecule has 0 saturated heterocycles.